The highest BCUT2D eigenvalue weighted by atomic mass is 16.3. The third-order valence-corrected chi connectivity index (χ3v) is 7.64. The van der Waals surface area contributed by atoms with Gasteiger partial charge in [0.15, 0.2) is 0 Å². The Morgan fingerprint density at radius 3 is 1.77 bits per heavy atom. The Balaban J connectivity index is 1.72. The lowest BCUT2D eigenvalue weighted by molar-refractivity contribution is -0.915. The lowest BCUT2D eigenvalue weighted by Gasteiger charge is -2.46. The molecular formula is C20H38NO+. The quantitative estimate of drug-likeness (QED) is 0.723. The summed E-state index contributed by atoms with van der Waals surface area (Å²) in [6, 6.07) is 0. The van der Waals surface area contributed by atoms with Gasteiger partial charge in [0.05, 0.1) is 26.7 Å². The molecule has 2 saturated carbocycles. The Morgan fingerprint density at radius 1 is 0.818 bits per heavy atom. The van der Waals surface area contributed by atoms with Gasteiger partial charge in [0, 0.05) is 18.4 Å². The Labute approximate surface area is 137 Å². The molecule has 0 aromatic carbocycles. The van der Waals surface area contributed by atoms with Gasteiger partial charge in [-0.05, 0) is 56.8 Å². The summed E-state index contributed by atoms with van der Waals surface area (Å²) >= 11 is 0. The van der Waals surface area contributed by atoms with E-state index in [2.05, 4.69) is 7.05 Å². The van der Waals surface area contributed by atoms with E-state index in [1.807, 2.05) is 0 Å². The molecule has 1 saturated heterocycles. The smallest absolute Gasteiger partial charge is 0.0791 e. The third-order valence-electron chi connectivity index (χ3n) is 7.64. The maximum absolute atomic E-state index is 10.5. The monoisotopic (exact) mass is 308 g/mol. The molecule has 3 rings (SSSR count). The van der Waals surface area contributed by atoms with E-state index in [4.69, 9.17) is 0 Å². The van der Waals surface area contributed by atoms with Crippen LogP contribution in [0, 0.1) is 17.3 Å². The summed E-state index contributed by atoms with van der Waals surface area (Å²) < 4.78 is 1.28. The van der Waals surface area contributed by atoms with Gasteiger partial charge in [-0.15, -0.1) is 0 Å². The van der Waals surface area contributed by atoms with Crippen molar-refractivity contribution < 1.29 is 9.59 Å². The molecule has 2 aliphatic carbocycles. The molecule has 0 atom stereocenters. The summed E-state index contributed by atoms with van der Waals surface area (Å²) in [7, 11) is 2.48. The van der Waals surface area contributed by atoms with Crippen molar-refractivity contribution in [2.24, 2.45) is 17.3 Å². The molecule has 0 amide bonds. The maximum atomic E-state index is 10.5. The zero-order valence-corrected chi connectivity index (χ0v) is 14.9. The zero-order chi connectivity index (χ0) is 15.5. The van der Waals surface area contributed by atoms with Crippen LogP contribution >= 0.6 is 0 Å². The molecular weight excluding hydrogens is 270 g/mol. The summed E-state index contributed by atoms with van der Waals surface area (Å²) in [5, 5.41) is 10.5. The summed E-state index contributed by atoms with van der Waals surface area (Å²) in [5.74, 6) is 1.63. The summed E-state index contributed by atoms with van der Waals surface area (Å²) in [6.07, 6.45) is 16.7. The van der Waals surface area contributed by atoms with Crippen LogP contribution in [-0.2, 0) is 0 Å². The number of nitrogens with zero attached hydrogens (tertiary/aromatic N) is 1. The molecule has 3 fully saturated rings. The number of aliphatic hydroxyl groups excluding tert-OH is 1. The van der Waals surface area contributed by atoms with Crippen molar-refractivity contribution in [2.45, 2.75) is 77.0 Å². The van der Waals surface area contributed by atoms with Crippen molar-refractivity contribution in [3.63, 3.8) is 0 Å². The first-order valence-electron chi connectivity index (χ1n) is 10.1. The van der Waals surface area contributed by atoms with E-state index in [1.165, 1.54) is 101 Å². The molecule has 128 valence electrons. The number of hydrogen-bond acceptors (Lipinski definition) is 1. The highest BCUT2D eigenvalue weighted by Crippen LogP contribution is 2.52. The summed E-state index contributed by atoms with van der Waals surface area (Å²) in [4.78, 5) is 0. The molecule has 2 heteroatoms. The van der Waals surface area contributed by atoms with Gasteiger partial charge in [-0.1, -0.05) is 25.7 Å². The molecule has 3 aliphatic rings. The summed E-state index contributed by atoms with van der Waals surface area (Å²) in [6.45, 7) is 4.52. The molecule has 0 unspecified atom stereocenters. The predicted octanol–water partition coefficient (Wildman–Crippen LogP) is 4.37. The van der Waals surface area contributed by atoms with Crippen LogP contribution in [0.5, 0.6) is 0 Å². The van der Waals surface area contributed by atoms with Gasteiger partial charge >= 0.3 is 0 Å². The van der Waals surface area contributed by atoms with E-state index < -0.39 is 0 Å². The molecule has 0 aromatic rings. The molecule has 0 spiro atoms. The van der Waals surface area contributed by atoms with Gasteiger partial charge in [-0.2, -0.15) is 0 Å². The zero-order valence-electron chi connectivity index (χ0n) is 14.9. The number of quaternary nitrogens is 1. The predicted molar refractivity (Wildman–Crippen MR) is 92.7 cm³/mol. The topological polar surface area (TPSA) is 20.2 Å². The highest BCUT2D eigenvalue weighted by Gasteiger charge is 2.47. The second kappa shape index (κ2) is 7.21. The van der Waals surface area contributed by atoms with Crippen LogP contribution in [-0.4, -0.2) is 42.9 Å². The van der Waals surface area contributed by atoms with Crippen LogP contribution in [0.2, 0.25) is 0 Å². The van der Waals surface area contributed by atoms with Gasteiger partial charge in [-0.25, -0.2) is 0 Å². The van der Waals surface area contributed by atoms with Gasteiger partial charge in [0.25, 0.3) is 0 Å². The average molecular weight is 309 g/mol. The molecule has 0 aromatic heterocycles. The van der Waals surface area contributed by atoms with Crippen LogP contribution in [0.4, 0.5) is 0 Å². The van der Waals surface area contributed by atoms with Crippen molar-refractivity contribution in [1.29, 1.82) is 0 Å². The SMILES string of the molecule is C[N+]1(CCC(CO)(C2CCCC2)C2CCCC2)CCCCC1. The number of piperidine rings is 1. The molecule has 1 heterocycles. The maximum Gasteiger partial charge on any atom is 0.0791 e. The molecule has 0 radical (unpaired) electrons. The minimum Gasteiger partial charge on any atom is -0.396 e. The lowest BCUT2D eigenvalue weighted by Crippen LogP contribution is -2.52. The van der Waals surface area contributed by atoms with E-state index in [0.29, 0.717) is 6.61 Å². The van der Waals surface area contributed by atoms with Crippen LogP contribution in [0.25, 0.3) is 0 Å². The lowest BCUT2D eigenvalue weighted by atomic mass is 9.63. The largest absolute Gasteiger partial charge is 0.396 e. The first-order valence-corrected chi connectivity index (χ1v) is 10.1. The Bertz CT molecular complexity index is 320. The van der Waals surface area contributed by atoms with Gasteiger partial charge in [0.2, 0.25) is 0 Å². The summed E-state index contributed by atoms with van der Waals surface area (Å²) in [5.41, 5.74) is 0.270. The standard InChI is InChI=1S/C20H38NO/c1-21(14-7-2-8-15-21)16-13-20(17-22,18-9-3-4-10-18)19-11-5-6-12-19/h18-19,22H,2-17H2,1H3/q+1. The highest BCUT2D eigenvalue weighted by molar-refractivity contribution is 4.95. The number of aliphatic hydroxyl groups is 1. The van der Waals surface area contributed by atoms with E-state index in [9.17, 15) is 5.11 Å². The second-order valence-corrected chi connectivity index (χ2v) is 8.96. The van der Waals surface area contributed by atoms with Gasteiger partial charge in [0.1, 0.15) is 0 Å². The average Bonchev–Trinajstić information content (AvgIpc) is 3.23. The van der Waals surface area contributed by atoms with Gasteiger partial charge < -0.3 is 9.59 Å². The fourth-order valence-corrected chi connectivity index (χ4v) is 6.06. The molecule has 0 bridgehead atoms. The van der Waals surface area contributed by atoms with Crippen molar-refractivity contribution in [1.82, 2.24) is 0 Å². The van der Waals surface area contributed by atoms with Crippen molar-refractivity contribution in [3.8, 4) is 0 Å². The first-order chi connectivity index (χ1) is 10.7. The minimum atomic E-state index is 0.270. The fourth-order valence-electron chi connectivity index (χ4n) is 6.06. The van der Waals surface area contributed by atoms with Crippen LogP contribution < -0.4 is 0 Å². The van der Waals surface area contributed by atoms with Crippen molar-refractivity contribution >= 4 is 0 Å². The van der Waals surface area contributed by atoms with Crippen molar-refractivity contribution in [3.05, 3.63) is 0 Å². The fraction of sp³-hybridized carbons (Fsp3) is 1.00. The Morgan fingerprint density at radius 2 is 1.32 bits per heavy atom. The van der Waals surface area contributed by atoms with Crippen molar-refractivity contribution in [2.75, 3.05) is 33.3 Å². The normalized spacial score (nSPS) is 27.5. The van der Waals surface area contributed by atoms with Gasteiger partial charge in [-0.3, -0.25) is 0 Å². The Hall–Kier alpha value is -0.0800. The molecule has 22 heavy (non-hydrogen) atoms. The van der Waals surface area contributed by atoms with E-state index >= 15 is 0 Å². The van der Waals surface area contributed by atoms with E-state index in [1.54, 1.807) is 0 Å². The van der Waals surface area contributed by atoms with Crippen LogP contribution in [0.1, 0.15) is 77.0 Å². The van der Waals surface area contributed by atoms with E-state index in [0.717, 1.165) is 11.8 Å². The third kappa shape index (κ3) is 3.38. The molecule has 1 N–H and O–H groups in total. The second-order valence-electron chi connectivity index (χ2n) is 8.96. The van der Waals surface area contributed by atoms with Crippen LogP contribution in [0.3, 0.4) is 0 Å². The Kier molecular flexibility index (Phi) is 5.50. The van der Waals surface area contributed by atoms with E-state index in [-0.39, 0.29) is 5.41 Å². The van der Waals surface area contributed by atoms with Crippen LogP contribution in [0.15, 0.2) is 0 Å². The molecule has 2 nitrogen and oxygen atoms in total. The number of rotatable bonds is 6. The number of hydrogen-bond donors (Lipinski definition) is 1. The number of likely N-dealkylation sites (tertiary alicyclic amines) is 1. The minimum absolute atomic E-state index is 0.270. The molecule has 1 aliphatic heterocycles. The first kappa shape index (κ1) is 16.8.